The van der Waals surface area contributed by atoms with Crippen molar-refractivity contribution in [1.29, 1.82) is 0 Å². The number of anilines is 2. The summed E-state index contributed by atoms with van der Waals surface area (Å²) in [6.07, 6.45) is 2.33. The summed E-state index contributed by atoms with van der Waals surface area (Å²) < 4.78 is 13.8. The average molecular weight is 324 g/mol. The Labute approximate surface area is 118 Å². The van der Waals surface area contributed by atoms with Gasteiger partial charge in [-0.25, -0.2) is 4.39 Å². The second kappa shape index (κ2) is 5.36. The SMILES string of the molecule is Cc1cc(Br)cc(N)c1NC(=O)c1cncc(F)c1. The van der Waals surface area contributed by atoms with E-state index in [1.807, 2.05) is 13.0 Å². The molecule has 1 heterocycles. The molecule has 4 nitrogen and oxygen atoms in total. The number of nitrogens with zero attached hydrogens (tertiary/aromatic N) is 1. The van der Waals surface area contributed by atoms with Gasteiger partial charge in [-0.2, -0.15) is 0 Å². The number of hydrogen-bond donors (Lipinski definition) is 2. The molecule has 0 fully saturated rings. The van der Waals surface area contributed by atoms with E-state index < -0.39 is 11.7 Å². The maximum absolute atomic E-state index is 13.0. The Morgan fingerprint density at radius 1 is 1.37 bits per heavy atom. The molecule has 1 aromatic carbocycles. The molecule has 0 aliphatic heterocycles. The Balaban J connectivity index is 2.29. The van der Waals surface area contributed by atoms with Crippen LogP contribution in [0.5, 0.6) is 0 Å². The summed E-state index contributed by atoms with van der Waals surface area (Å²) >= 11 is 3.32. The first-order chi connectivity index (χ1) is 8.97. The van der Waals surface area contributed by atoms with E-state index in [9.17, 15) is 9.18 Å². The molecule has 0 radical (unpaired) electrons. The Morgan fingerprint density at radius 3 is 2.74 bits per heavy atom. The highest BCUT2D eigenvalue weighted by molar-refractivity contribution is 9.10. The van der Waals surface area contributed by atoms with Crippen molar-refractivity contribution >= 4 is 33.2 Å². The number of benzene rings is 1. The molecule has 0 atom stereocenters. The van der Waals surface area contributed by atoms with Crippen LogP contribution in [0.25, 0.3) is 0 Å². The zero-order valence-electron chi connectivity index (χ0n) is 10.1. The maximum Gasteiger partial charge on any atom is 0.257 e. The van der Waals surface area contributed by atoms with Crippen LogP contribution in [0.1, 0.15) is 15.9 Å². The number of amides is 1. The molecule has 0 saturated heterocycles. The van der Waals surface area contributed by atoms with Gasteiger partial charge in [0.25, 0.3) is 5.91 Å². The highest BCUT2D eigenvalue weighted by Gasteiger charge is 2.12. The van der Waals surface area contributed by atoms with Crippen LogP contribution in [0.15, 0.2) is 35.1 Å². The van der Waals surface area contributed by atoms with E-state index in [2.05, 4.69) is 26.2 Å². The second-order valence-electron chi connectivity index (χ2n) is 4.03. The topological polar surface area (TPSA) is 68.0 Å². The third-order valence-electron chi connectivity index (χ3n) is 2.54. The first kappa shape index (κ1) is 13.5. The highest BCUT2D eigenvalue weighted by atomic mass is 79.9. The van der Waals surface area contributed by atoms with Gasteiger partial charge in [-0.15, -0.1) is 0 Å². The number of hydrogen-bond acceptors (Lipinski definition) is 3. The number of rotatable bonds is 2. The predicted octanol–water partition coefficient (Wildman–Crippen LogP) is 3.13. The summed E-state index contributed by atoms with van der Waals surface area (Å²) in [5.74, 6) is -1.02. The number of nitrogen functional groups attached to an aromatic ring is 1. The van der Waals surface area contributed by atoms with Crippen molar-refractivity contribution in [3.8, 4) is 0 Å². The van der Waals surface area contributed by atoms with Crippen molar-refractivity contribution in [2.45, 2.75) is 6.92 Å². The fourth-order valence-electron chi connectivity index (χ4n) is 1.66. The Morgan fingerprint density at radius 2 is 2.11 bits per heavy atom. The van der Waals surface area contributed by atoms with Crippen LogP contribution < -0.4 is 11.1 Å². The summed E-state index contributed by atoms with van der Waals surface area (Å²) in [7, 11) is 0. The van der Waals surface area contributed by atoms with Gasteiger partial charge in [-0.05, 0) is 30.7 Å². The van der Waals surface area contributed by atoms with Gasteiger partial charge in [0.05, 0.1) is 23.1 Å². The first-order valence-corrected chi connectivity index (χ1v) is 6.24. The van der Waals surface area contributed by atoms with Crippen LogP contribution >= 0.6 is 15.9 Å². The van der Waals surface area contributed by atoms with Gasteiger partial charge in [0, 0.05) is 10.7 Å². The first-order valence-electron chi connectivity index (χ1n) is 5.45. The zero-order valence-corrected chi connectivity index (χ0v) is 11.7. The van der Waals surface area contributed by atoms with Gasteiger partial charge in [0.15, 0.2) is 0 Å². The molecule has 3 N–H and O–H groups in total. The monoisotopic (exact) mass is 323 g/mol. The Hall–Kier alpha value is -1.95. The van der Waals surface area contributed by atoms with Gasteiger partial charge < -0.3 is 11.1 Å². The Bertz CT molecular complexity index is 623. The zero-order chi connectivity index (χ0) is 14.0. The van der Waals surface area contributed by atoms with Gasteiger partial charge in [-0.1, -0.05) is 15.9 Å². The molecular weight excluding hydrogens is 313 g/mol. The Kier molecular flexibility index (Phi) is 3.80. The highest BCUT2D eigenvalue weighted by Crippen LogP contribution is 2.28. The molecule has 2 aromatic rings. The third kappa shape index (κ3) is 3.08. The van der Waals surface area contributed by atoms with Crippen LogP contribution in [0.4, 0.5) is 15.8 Å². The van der Waals surface area contributed by atoms with Crippen LogP contribution in [-0.4, -0.2) is 10.9 Å². The minimum atomic E-state index is -0.562. The lowest BCUT2D eigenvalue weighted by molar-refractivity contribution is 0.102. The predicted molar refractivity (Wildman–Crippen MR) is 75.4 cm³/mol. The van der Waals surface area contributed by atoms with Crippen LogP contribution in [0.2, 0.25) is 0 Å². The molecular formula is C13H11BrFN3O. The normalized spacial score (nSPS) is 10.3. The number of aryl methyl sites for hydroxylation is 1. The van der Waals surface area contributed by atoms with E-state index in [4.69, 9.17) is 5.73 Å². The maximum atomic E-state index is 13.0. The summed E-state index contributed by atoms with van der Waals surface area (Å²) in [4.78, 5) is 15.6. The fourth-order valence-corrected chi connectivity index (χ4v) is 2.25. The molecule has 1 amide bonds. The molecule has 0 aliphatic rings. The van der Waals surface area contributed by atoms with E-state index in [1.165, 1.54) is 6.20 Å². The number of aromatic nitrogens is 1. The molecule has 19 heavy (non-hydrogen) atoms. The smallest absolute Gasteiger partial charge is 0.257 e. The van der Waals surface area contributed by atoms with Gasteiger partial charge in [0.2, 0.25) is 0 Å². The van der Waals surface area contributed by atoms with E-state index in [1.54, 1.807) is 6.07 Å². The largest absolute Gasteiger partial charge is 0.397 e. The molecule has 98 valence electrons. The second-order valence-corrected chi connectivity index (χ2v) is 4.95. The van der Waals surface area contributed by atoms with Gasteiger partial charge in [-0.3, -0.25) is 9.78 Å². The third-order valence-corrected chi connectivity index (χ3v) is 2.99. The minimum absolute atomic E-state index is 0.140. The van der Waals surface area contributed by atoms with Crippen molar-refractivity contribution in [3.63, 3.8) is 0 Å². The molecule has 6 heteroatoms. The molecule has 1 aromatic heterocycles. The lowest BCUT2D eigenvalue weighted by Crippen LogP contribution is -2.14. The number of nitrogens with one attached hydrogen (secondary N) is 1. The summed E-state index contributed by atoms with van der Waals surface area (Å²) in [6, 6.07) is 4.63. The number of pyridine rings is 1. The van der Waals surface area contributed by atoms with Crippen molar-refractivity contribution in [3.05, 3.63) is 52.0 Å². The van der Waals surface area contributed by atoms with Crippen LogP contribution in [0.3, 0.4) is 0 Å². The lowest BCUT2D eigenvalue weighted by Gasteiger charge is -2.12. The standard InChI is InChI=1S/C13H11BrFN3O/c1-7-2-9(14)4-11(16)12(7)18-13(19)8-3-10(15)6-17-5-8/h2-6H,16H2,1H3,(H,18,19). The molecule has 0 saturated carbocycles. The van der Waals surface area contributed by atoms with Crippen LogP contribution in [0, 0.1) is 12.7 Å². The molecule has 2 rings (SSSR count). The van der Waals surface area contributed by atoms with Crippen molar-refractivity contribution < 1.29 is 9.18 Å². The molecule has 0 spiro atoms. The summed E-state index contributed by atoms with van der Waals surface area (Å²) in [6.45, 7) is 1.82. The number of carbonyl (C=O) groups is 1. The van der Waals surface area contributed by atoms with E-state index >= 15 is 0 Å². The van der Waals surface area contributed by atoms with E-state index in [0.29, 0.717) is 11.4 Å². The van der Waals surface area contributed by atoms with Crippen molar-refractivity contribution in [2.75, 3.05) is 11.1 Å². The molecule has 0 bridgehead atoms. The number of carbonyl (C=O) groups excluding carboxylic acids is 1. The fraction of sp³-hybridized carbons (Fsp3) is 0.0769. The average Bonchev–Trinajstić information content (AvgIpc) is 2.33. The van der Waals surface area contributed by atoms with Crippen LogP contribution in [-0.2, 0) is 0 Å². The van der Waals surface area contributed by atoms with Crippen molar-refractivity contribution in [2.24, 2.45) is 0 Å². The minimum Gasteiger partial charge on any atom is -0.397 e. The summed E-state index contributed by atoms with van der Waals surface area (Å²) in [5, 5.41) is 2.66. The van der Waals surface area contributed by atoms with Gasteiger partial charge in [0.1, 0.15) is 5.82 Å². The number of nitrogens with two attached hydrogens (primary N) is 1. The summed E-state index contributed by atoms with van der Waals surface area (Å²) in [5.41, 5.74) is 7.74. The van der Waals surface area contributed by atoms with E-state index in [0.717, 1.165) is 22.3 Å². The van der Waals surface area contributed by atoms with Gasteiger partial charge >= 0.3 is 0 Å². The quantitative estimate of drug-likeness (QED) is 0.834. The molecule has 0 aliphatic carbocycles. The lowest BCUT2D eigenvalue weighted by atomic mass is 10.1. The van der Waals surface area contributed by atoms with E-state index in [-0.39, 0.29) is 5.56 Å². The number of halogens is 2. The molecule has 0 unspecified atom stereocenters. The van der Waals surface area contributed by atoms with Crippen molar-refractivity contribution in [1.82, 2.24) is 4.98 Å².